The minimum atomic E-state index is -4.40. The van der Waals surface area contributed by atoms with Gasteiger partial charge in [-0.2, -0.15) is 13.2 Å². The maximum absolute atomic E-state index is 12.9. The van der Waals surface area contributed by atoms with E-state index in [1.165, 1.54) is 0 Å². The van der Waals surface area contributed by atoms with Gasteiger partial charge in [-0.25, -0.2) is 4.98 Å². The van der Waals surface area contributed by atoms with Gasteiger partial charge >= 0.3 is 6.18 Å². The zero-order valence-electron chi connectivity index (χ0n) is 11.9. The number of alkyl halides is 3. The van der Waals surface area contributed by atoms with Crippen LogP contribution >= 0.6 is 11.3 Å². The quantitative estimate of drug-likeness (QED) is 0.860. The fourth-order valence-electron chi connectivity index (χ4n) is 1.88. The van der Waals surface area contributed by atoms with E-state index in [0.717, 1.165) is 21.9 Å². The van der Waals surface area contributed by atoms with Crippen LogP contribution in [-0.2, 0) is 6.18 Å². The molecule has 0 aromatic carbocycles. The normalized spacial score (nSPS) is 13.0. The highest BCUT2D eigenvalue weighted by molar-refractivity contribution is 7.12. The Hall–Kier alpha value is -1.76. The summed E-state index contributed by atoms with van der Waals surface area (Å²) in [5.74, 6) is 0.384. The van der Waals surface area contributed by atoms with Gasteiger partial charge in [-0.3, -0.25) is 0 Å². The lowest BCUT2D eigenvalue weighted by molar-refractivity contribution is -0.137. The second kappa shape index (κ2) is 5.93. The second-order valence-electron chi connectivity index (χ2n) is 4.69. The van der Waals surface area contributed by atoms with Crippen LogP contribution in [0.1, 0.15) is 28.3 Å². The minimum Gasteiger partial charge on any atom is -0.373 e. The molecule has 0 aliphatic rings. The summed E-state index contributed by atoms with van der Waals surface area (Å²) in [6.07, 6.45) is -4.40. The van der Waals surface area contributed by atoms with E-state index in [4.69, 9.17) is 0 Å². The van der Waals surface area contributed by atoms with E-state index < -0.39 is 11.7 Å². The van der Waals surface area contributed by atoms with Gasteiger partial charge in [-0.15, -0.1) is 11.3 Å². The molecule has 2 aromatic heterocycles. The van der Waals surface area contributed by atoms with Crippen LogP contribution in [0.5, 0.6) is 0 Å². The lowest BCUT2D eigenvalue weighted by Crippen LogP contribution is -2.11. The van der Waals surface area contributed by atoms with E-state index >= 15 is 0 Å². The van der Waals surface area contributed by atoms with Crippen molar-refractivity contribution < 1.29 is 13.2 Å². The van der Waals surface area contributed by atoms with E-state index in [9.17, 15) is 13.2 Å². The molecule has 0 amide bonds. The van der Waals surface area contributed by atoms with Crippen molar-refractivity contribution in [3.8, 4) is 0 Å². The van der Waals surface area contributed by atoms with Gasteiger partial charge in [0.25, 0.3) is 0 Å². The van der Waals surface area contributed by atoms with Gasteiger partial charge in [0, 0.05) is 16.8 Å². The summed E-state index contributed by atoms with van der Waals surface area (Å²) < 4.78 is 38.6. The van der Waals surface area contributed by atoms with Crippen molar-refractivity contribution in [3.63, 3.8) is 0 Å². The Balaban J connectivity index is 2.27. The van der Waals surface area contributed by atoms with Crippen LogP contribution in [0.2, 0.25) is 0 Å². The molecule has 2 rings (SSSR count). The highest BCUT2D eigenvalue weighted by atomic mass is 32.1. The van der Waals surface area contributed by atoms with E-state index in [0.29, 0.717) is 0 Å². The molecule has 21 heavy (non-hydrogen) atoms. The number of anilines is 2. The number of nitrogens with zero attached hydrogens (tertiary/aromatic N) is 1. The molecule has 7 heteroatoms. The SMILES string of the molecule is CNc1cc(C(F)(F)F)cc(NC(C)c2ccc(C)s2)n1. The molecular weight excluding hydrogens is 299 g/mol. The van der Waals surface area contributed by atoms with Crippen molar-refractivity contribution in [1.82, 2.24) is 4.98 Å². The molecule has 0 saturated heterocycles. The summed E-state index contributed by atoms with van der Waals surface area (Å²) >= 11 is 1.61. The average molecular weight is 315 g/mol. The Labute approximate surface area is 125 Å². The molecule has 0 aliphatic heterocycles. The summed E-state index contributed by atoms with van der Waals surface area (Å²) in [5, 5.41) is 5.67. The number of aryl methyl sites for hydroxylation is 1. The predicted molar refractivity (Wildman–Crippen MR) is 79.9 cm³/mol. The second-order valence-corrected chi connectivity index (χ2v) is 6.01. The molecule has 0 radical (unpaired) electrons. The zero-order chi connectivity index (χ0) is 15.6. The third-order valence-corrected chi connectivity index (χ3v) is 4.14. The third-order valence-electron chi connectivity index (χ3n) is 2.96. The first-order chi connectivity index (χ1) is 9.79. The molecule has 0 saturated carbocycles. The zero-order valence-corrected chi connectivity index (χ0v) is 12.7. The molecule has 2 heterocycles. The van der Waals surface area contributed by atoms with Crippen LogP contribution in [0.4, 0.5) is 24.8 Å². The smallest absolute Gasteiger partial charge is 0.373 e. The van der Waals surface area contributed by atoms with Crippen LogP contribution in [0, 0.1) is 6.92 Å². The molecule has 1 unspecified atom stereocenters. The van der Waals surface area contributed by atoms with Crippen LogP contribution in [0.15, 0.2) is 24.3 Å². The average Bonchev–Trinajstić information content (AvgIpc) is 2.84. The standard InChI is InChI=1S/C14H16F3N3S/c1-8-4-5-11(21-8)9(2)19-13-7-10(14(15,16)17)6-12(18-3)20-13/h4-7,9H,1-3H3,(H2,18,19,20). The van der Waals surface area contributed by atoms with E-state index in [2.05, 4.69) is 15.6 Å². The van der Waals surface area contributed by atoms with E-state index in [1.807, 2.05) is 26.0 Å². The maximum atomic E-state index is 12.9. The number of rotatable bonds is 4. The molecule has 0 bridgehead atoms. The predicted octanol–water partition coefficient (Wildman–Crippen LogP) is 4.69. The van der Waals surface area contributed by atoms with Crippen molar-refractivity contribution in [1.29, 1.82) is 0 Å². The molecular formula is C14H16F3N3S. The number of nitrogens with one attached hydrogen (secondary N) is 2. The number of hydrogen-bond donors (Lipinski definition) is 2. The minimum absolute atomic E-state index is 0.107. The van der Waals surface area contributed by atoms with E-state index in [1.54, 1.807) is 18.4 Å². The van der Waals surface area contributed by atoms with Crippen molar-refractivity contribution in [2.24, 2.45) is 0 Å². The molecule has 114 valence electrons. The fourth-order valence-corrected chi connectivity index (χ4v) is 2.76. The molecule has 2 N–H and O–H groups in total. The summed E-state index contributed by atoms with van der Waals surface area (Å²) in [4.78, 5) is 6.33. The topological polar surface area (TPSA) is 37.0 Å². The summed E-state index contributed by atoms with van der Waals surface area (Å²) in [5.41, 5.74) is -0.723. The molecule has 3 nitrogen and oxygen atoms in total. The molecule has 0 fully saturated rings. The van der Waals surface area contributed by atoms with Gasteiger partial charge in [0.05, 0.1) is 11.6 Å². The molecule has 2 aromatic rings. The highest BCUT2D eigenvalue weighted by Crippen LogP contribution is 2.33. The Kier molecular flexibility index (Phi) is 4.41. The van der Waals surface area contributed by atoms with Gasteiger partial charge in [0.1, 0.15) is 11.6 Å². The third kappa shape index (κ3) is 3.87. The van der Waals surface area contributed by atoms with Crippen LogP contribution in [-0.4, -0.2) is 12.0 Å². The van der Waals surface area contributed by atoms with Gasteiger partial charge < -0.3 is 10.6 Å². The Bertz CT molecular complexity index is 622. The highest BCUT2D eigenvalue weighted by Gasteiger charge is 2.31. The van der Waals surface area contributed by atoms with Crippen LogP contribution < -0.4 is 10.6 Å². The number of hydrogen-bond acceptors (Lipinski definition) is 4. The Morgan fingerprint density at radius 3 is 2.38 bits per heavy atom. The van der Waals surface area contributed by atoms with Crippen LogP contribution in [0.25, 0.3) is 0 Å². The molecule has 1 atom stereocenters. The lowest BCUT2D eigenvalue weighted by Gasteiger charge is -2.16. The van der Waals surface area contributed by atoms with Gasteiger partial charge in [0.15, 0.2) is 0 Å². The van der Waals surface area contributed by atoms with Crippen molar-refractivity contribution in [2.75, 3.05) is 17.7 Å². The maximum Gasteiger partial charge on any atom is 0.416 e. The Morgan fingerprint density at radius 2 is 1.86 bits per heavy atom. The lowest BCUT2D eigenvalue weighted by atomic mass is 10.2. The first kappa shape index (κ1) is 15.6. The van der Waals surface area contributed by atoms with Crippen molar-refractivity contribution in [3.05, 3.63) is 39.6 Å². The number of halogens is 3. The fraction of sp³-hybridized carbons (Fsp3) is 0.357. The van der Waals surface area contributed by atoms with E-state index in [-0.39, 0.29) is 17.7 Å². The van der Waals surface area contributed by atoms with Gasteiger partial charge in [0.2, 0.25) is 0 Å². The van der Waals surface area contributed by atoms with Crippen molar-refractivity contribution >= 4 is 23.0 Å². The number of thiophene rings is 1. The molecule has 0 aliphatic carbocycles. The first-order valence-corrected chi connectivity index (χ1v) is 7.21. The summed E-state index contributed by atoms with van der Waals surface area (Å²) in [6.45, 7) is 3.88. The van der Waals surface area contributed by atoms with Crippen molar-refractivity contribution in [2.45, 2.75) is 26.1 Å². The largest absolute Gasteiger partial charge is 0.416 e. The monoisotopic (exact) mass is 315 g/mol. The first-order valence-electron chi connectivity index (χ1n) is 6.39. The number of aromatic nitrogens is 1. The summed E-state index contributed by atoms with van der Waals surface area (Å²) in [7, 11) is 1.54. The summed E-state index contributed by atoms with van der Waals surface area (Å²) in [6, 6.07) is 5.86. The Morgan fingerprint density at radius 1 is 1.19 bits per heavy atom. The number of pyridine rings is 1. The molecule has 0 spiro atoms. The van der Waals surface area contributed by atoms with Gasteiger partial charge in [-0.05, 0) is 38.1 Å². The van der Waals surface area contributed by atoms with Gasteiger partial charge in [-0.1, -0.05) is 0 Å². The van der Waals surface area contributed by atoms with Crippen LogP contribution in [0.3, 0.4) is 0 Å².